The second kappa shape index (κ2) is 66.1. The van der Waals surface area contributed by atoms with Gasteiger partial charge in [0.15, 0.2) is 11.6 Å². The van der Waals surface area contributed by atoms with Crippen molar-refractivity contribution < 1.29 is 158 Å². The summed E-state index contributed by atoms with van der Waals surface area (Å²) in [5, 5.41) is 44.7. The summed E-state index contributed by atoms with van der Waals surface area (Å²) < 4.78 is 97.8. The van der Waals surface area contributed by atoms with Crippen molar-refractivity contribution >= 4 is 87.0 Å². The van der Waals surface area contributed by atoms with Crippen molar-refractivity contribution in [1.29, 1.82) is 0 Å². The van der Waals surface area contributed by atoms with Crippen LogP contribution in [0.25, 0.3) is 64.7 Å². The number of alkyl halides is 3. The molecule has 0 aliphatic carbocycles. The van der Waals surface area contributed by atoms with Crippen LogP contribution in [0.3, 0.4) is 0 Å². The van der Waals surface area contributed by atoms with E-state index < -0.39 is 108 Å². The van der Waals surface area contributed by atoms with Crippen molar-refractivity contribution in [3.8, 4) is 33.8 Å². The van der Waals surface area contributed by atoms with Gasteiger partial charge in [-0.2, -0.15) is 13.2 Å². The number of esters is 1. The molecule has 8 aromatic rings. The summed E-state index contributed by atoms with van der Waals surface area (Å²) in [4.78, 5) is 139. The number of aldehydes is 1. The van der Waals surface area contributed by atoms with Crippen molar-refractivity contribution in [2.24, 2.45) is 10.2 Å². The fourth-order valence-electron chi connectivity index (χ4n) is 13.7. The Morgan fingerprint density at radius 3 is 1.23 bits per heavy atom. The van der Waals surface area contributed by atoms with E-state index in [1.807, 2.05) is 135 Å². The molecule has 37 nitrogen and oxygen atoms in total. The molecule has 41 heteroatoms. The van der Waals surface area contributed by atoms with Crippen LogP contribution in [0.5, 0.6) is 11.5 Å². The summed E-state index contributed by atoms with van der Waals surface area (Å²) in [7, 11) is 1.25. The minimum atomic E-state index is -4.64. The molecule has 2 heterocycles. The number of methoxy groups -OCH3 is 1. The number of Topliss-reactive ketones (excluding diaryl/α,β-unsaturated/α-hetero) is 2. The van der Waals surface area contributed by atoms with E-state index in [1.54, 1.807) is 57.4 Å². The number of aliphatic carboxylic acids is 3. The van der Waals surface area contributed by atoms with E-state index in [9.17, 15) is 71.6 Å². The van der Waals surface area contributed by atoms with Crippen LogP contribution in [0.15, 0.2) is 168 Å². The zero-order chi connectivity index (χ0) is 98.9. The molecule has 0 aliphatic rings. The molecule has 0 saturated carbocycles. The van der Waals surface area contributed by atoms with Gasteiger partial charge in [-0.3, -0.25) is 53.0 Å². The Hall–Kier alpha value is -12.5. The van der Waals surface area contributed by atoms with Gasteiger partial charge >= 0.3 is 55.0 Å². The van der Waals surface area contributed by atoms with Crippen molar-refractivity contribution in [2.45, 2.75) is 147 Å². The first kappa shape index (κ1) is 118. The third kappa shape index (κ3) is 47.0. The number of azide groups is 2. The van der Waals surface area contributed by atoms with E-state index in [2.05, 4.69) is 40.7 Å². The van der Waals surface area contributed by atoms with Crippen LogP contribution in [0, 0.1) is 13.8 Å². The van der Waals surface area contributed by atoms with Crippen molar-refractivity contribution in [2.75, 3.05) is 151 Å². The Morgan fingerprint density at radius 2 is 0.855 bits per heavy atom. The molecular weight excluding hydrogens is 1800 g/mol. The maximum absolute atomic E-state index is 13.8. The maximum atomic E-state index is 13.8. The van der Waals surface area contributed by atoms with Gasteiger partial charge in [0.2, 0.25) is 18.1 Å². The third-order valence-corrected chi connectivity index (χ3v) is 20.1. The Balaban J connectivity index is 0.000000539. The summed E-state index contributed by atoms with van der Waals surface area (Å²) in [6.45, 7) is 16.7. The van der Waals surface area contributed by atoms with E-state index in [1.165, 1.54) is 12.0 Å². The molecule has 0 fully saturated rings. The molecule has 0 spiro atoms. The van der Waals surface area contributed by atoms with Crippen LogP contribution in [0.4, 0.5) is 23.8 Å². The number of fused-ring (bicyclic) bond motifs is 2. The average Bonchev–Trinajstić information content (AvgIpc) is 0.786. The number of ketones is 2. The number of carbonyl (C=O) groups is 10. The summed E-state index contributed by atoms with van der Waals surface area (Å²) >= 11 is 0. The number of carboxylic acids is 3. The zero-order valence-electron chi connectivity index (χ0n) is 78.7. The minimum absolute atomic E-state index is 0. The molecule has 0 bridgehead atoms. The Bertz CT molecular complexity index is 5200. The number of carboxylic acid groups (broad SMARTS) is 3. The predicted molar refractivity (Wildman–Crippen MR) is 499 cm³/mol. The molecule has 6 N–H and O–H groups in total. The molecular formula is C97H121F3LiN11O26. The first-order chi connectivity index (χ1) is 65.4. The van der Waals surface area contributed by atoms with E-state index in [-0.39, 0.29) is 82.4 Å². The van der Waals surface area contributed by atoms with Gasteiger partial charge in [0.1, 0.15) is 36.1 Å². The van der Waals surface area contributed by atoms with Crippen molar-refractivity contribution in [1.82, 2.24) is 20.6 Å². The Morgan fingerprint density at radius 1 is 0.478 bits per heavy atom. The number of nitrogens with zero attached hydrogens (tertiary/aromatic N) is 9. The number of halogens is 3. The molecule has 6 aromatic carbocycles. The number of carbonyl (C=O) groups excluding carboxylic acids is 7. The Kier molecular flexibility index (Phi) is 56.4. The number of aromatic nitrogens is 2. The number of benzene rings is 6. The molecule has 0 radical (unpaired) electrons. The normalized spacial score (nSPS) is 11.8. The number of nitrogens with one attached hydrogen (secondary N) is 2. The fourth-order valence-corrected chi connectivity index (χ4v) is 13.7. The molecule has 0 saturated heterocycles. The van der Waals surface area contributed by atoms with Gasteiger partial charge in [-0.25, -0.2) is 9.78 Å². The van der Waals surface area contributed by atoms with Crippen molar-refractivity contribution in [3.63, 3.8) is 0 Å². The topological polar surface area (TPSA) is 523 Å². The number of rotatable bonds is 62. The average molecular weight is 1920 g/mol. The van der Waals surface area contributed by atoms with Crippen molar-refractivity contribution in [3.05, 3.63) is 207 Å². The monoisotopic (exact) mass is 1920 g/mol. The van der Waals surface area contributed by atoms with Gasteiger partial charge in [0.25, 0.3) is 0 Å². The maximum Gasteiger partial charge on any atom is 1.00 e. The summed E-state index contributed by atoms with van der Waals surface area (Å²) in [5.74, 6) is -6.04. The molecule has 3 amide bonds. The quantitative estimate of drug-likeness (QED) is 0.00449. The Labute approximate surface area is 809 Å². The van der Waals surface area contributed by atoms with Gasteiger partial charge in [-0.1, -0.05) is 119 Å². The molecule has 4 atom stereocenters. The molecule has 2 aromatic heterocycles. The standard InChI is InChI=1S/C50H64N6O13.C45H55N5O11.C2HF3O.Li.H2O/c1-35-18-19-52-45(31-35)56(49(62)69-50(2,3)4)21-8-11-46(58)54-42(34-47(59)60)43(57)32-38(33-48(61)63-5)36-12-14-37(15-13-36)39-16-17-44(41-10-7-6-9-40(39)41)68-30-29-67-28-27-66-26-25-65-24-23-64-22-20-53-55-51;1-32-16-17-47-36(28-32)6-2-5-9-43(52)49-40(31-45(55)56)41(51)29-35(30-44(53)54)33-10-12-34(13-11-33)37-14-15-42(39-8-4-3-7-38(37)39)61-27-26-60-25-24-59-23-22-58-21-20-57-19-18-48-50-46;3-2(4,5)1-6;;/h6-7,9-10,12-19,31,38,42H,8,11,20-30,32-34H2,1-5H3,(H,54,58)(H,59,60);3-4,7-8,10-17,28,35,40H,2,5-6,9,18-27,29-31H2,1H3,(H,49,52)(H,53,54)(H,55,56);1H;;1H2/q;;;+1;/p-1/t38-,42-;35-,40-;;;/m00.../s1. The summed E-state index contributed by atoms with van der Waals surface area (Å²) in [6, 6.07) is 42.8. The van der Waals surface area contributed by atoms with Gasteiger partial charge in [-0.15, -0.1) is 0 Å². The van der Waals surface area contributed by atoms with Crippen LogP contribution in [-0.2, 0) is 96.9 Å². The van der Waals surface area contributed by atoms with E-state index in [4.69, 9.17) is 72.7 Å². The number of unbranched alkanes of at least 4 members (excludes halogenated alkanes) is 1. The molecule has 138 heavy (non-hydrogen) atoms. The second-order valence-electron chi connectivity index (χ2n) is 31.7. The first-order valence-corrected chi connectivity index (χ1v) is 44.3. The summed E-state index contributed by atoms with van der Waals surface area (Å²) in [6.07, 6.45) is -3.29. The number of aryl methyl sites for hydroxylation is 3. The van der Waals surface area contributed by atoms with Gasteiger partial charge in [0.05, 0.1) is 151 Å². The number of ether oxygens (including phenoxy) is 12. The van der Waals surface area contributed by atoms with Gasteiger partial charge < -0.3 is 88.3 Å². The van der Waals surface area contributed by atoms with Crippen LogP contribution in [-0.4, -0.2) is 260 Å². The predicted octanol–water partition coefficient (Wildman–Crippen LogP) is 12.2. The number of amides is 3. The van der Waals surface area contributed by atoms with Crippen LogP contribution in [0.1, 0.15) is 131 Å². The SMILES string of the molecule is COC(=O)C[C@H](CC(=O)[C@H](CC(=O)O)NC(=O)CCCN(C(=O)OC(C)(C)C)c1cc(C)ccn1)c1ccc(-c2ccc(OCCOCCOCCOCCOCCN=[N+]=[N-])c3ccccc23)cc1.Cc1ccnc(CCCCC(=O)N[C@@H](CC(=O)O)C(=O)C[C@@H](CC(=O)O)c2ccc(-c3ccc(OCCOCCOCCOCCOCCN=[N+]=[N-])c4ccccc34)cc2)c1.O=CC(F)(F)F.[Li+].[OH-]. The van der Waals surface area contributed by atoms with Gasteiger partial charge in [-0.05, 0) is 163 Å². The smallest absolute Gasteiger partial charge is 0.870 e. The number of pyridine rings is 2. The molecule has 742 valence electrons. The van der Waals surface area contributed by atoms with E-state index >= 15 is 0 Å². The van der Waals surface area contributed by atoms with E-state index in [0.717, 1.165) is 60.6 Å². The second-order valence-corrected chi connectivity index (χ2v) is 31.7. The number of hydrogen-bond donors (Lipinski definition) is 5. The van der Waals surface area contributed by atoms with Crippen LogP contribution in [0.2, 0.25) is 0 Å². The summed E-state index contributed by atoms with van der Waals surface area (Å²) in [5.41, 5.74) is 23.4. The van der Waals surface area contributed by atoms with E-state index in [0.29, 0.717) is 173 Å². The van der Waals surface area contributed by atoms with Crippen LogP contribution >= 0.6 is 0 Å². The first-order valence-electron chi connectivity index (χ1n) is 44.3. The van der Waals surface area contributed by atoms with Crippen LogP contribution < -0.4 is 43.9 Å². The minimum Gasteiger partial charge on any atom is -0.870 e. The number of anilines is 1. The largest absolute Gasteiger partial charge is 1.00 e. The molecule has 0 aliphatic heterocycles. The molecule has 8 rings (SSSR count). The third-order valence-electron chi connectivity index (χ3n) is 20.1. The fraction of sp³-hybridized carbons (Fsp3) is 0.464. The van der Waals surface area contributed by atoms with Gasteiger partial charge in [0, 0.05) is 95.8 Å². The molecule has 0 unspecified atom stereocenters. The zero-order valence-corrected chi connectivity index (χ0v) is 78.7. The number of hydrogen-bond acceptors (Lipinski definition) is 27.